The maximum atomic E-state index is 12.3. The Morgan fingerprint density at radius 2 is 2.06 bits per heavy atom. The van der Waals surface area contributed by atoms with Crippen LogP contribution in [0.4, 0.5) is 0 Å². The van der Waals surface area contributed by atoms with E-state index in [4.69, 9.17) is 15.6 Å². The number of carboxylic acid groups (broad SMARTS) is 1. The van der Waals surface area contributed by atoms with Crippen molar-refractivity contribution >= 4 is 11.9 Å². The molecule has 0 spiro atoms. The number of carboxylic acids is 1. The molecule has 2 aliphatic heterocycles. The summed E-state index contributed by atoms with van der Waals surface area (Å²) in [5.74, 6) is -1.10. The summed E-state index contributed by atoms with van der Waals surface area (Å²) < 4.78 is 5.54. The molecule has 18 heavy (non-hydrogen) atoms. The second-order valence-corrected chi connectivity index (χ2v) is 4.94. The Hall–Kier alpha value is -1.14. The monoisotopic (exact) mass is 256 g/mol. The van der Waals surface area contributed by atoms with E-state index in [-0.39, 0.29) is 12.0 Å². The van der Waals surface area contributed by atoms with Gasteiger partial charge >= 0.3 is 5.97 Å². The molecule has 0 aromatic heterocycles. The number of carbonyl (C=O) groups is 2. The van der Waals surface area contributed by atoms with Crippen LogP contribution in [0.3, 0.4) is 0 Å². The molecule has 0 aromatic rings. The Morgan fingerprint density at radius 1 is 1.28 bits per heavy atom. The molecule has 6 nitrogen and oxygen atoms in total. The van der Waals surface area contributed by atoms with Gasteiger partial charge in [-0.3, -0.25) is 4.79 Å². The molecule has 0 bridgehead atoms. The van der Waals surface area contributed by atoms with Crippen LogP contribution in [-0.2, 0) is 14.3 Å². The van der Waals surface area contributed by atoms with E-state index in [9.17, 15) is 9.59 Å². The molecule has 2 fully saturated rings. The zero-order valence-electron chi connectivity index (χ0n) is 10.4. The lowest BCUT2D eigenvalue weighted by Gasteiger charge is -2.34. The van der Waals surface area contributed by atoms with Crippen LogP contribution in [0.5, 0.6) is 0 Å². The van der Waals surface area contributed by atoms with Gasteiger partial charge in [-0.05, 0) is 32.1 Å². The number of nitrogens with two attached hydrogens (primary N) is 1. The van der Waals surface area contributed by atoms with Crippen molar-refractivity contribution in [3.63, 3.8) is 0 Å². The van der Waals surface area contributed by atoms with Crippen molar-refractivity contribution in [2.75, 3.05) is 13.1 Å². The summed E-state index contributed by atoms with van der Waals surface area (Å²) in [6, 6.07) is -0.688. The van der Waals surface area contributed by atoms with Gasteiger partial charge in [-0.25, -0.2) is 4.79 Å². The van der Waals surface area contributed by atoms with Crippen molar-refractivity contribution < 1.29 is 19.4 Å². The van der Waals surface area contributed by atoms with E-state index in [2.05, 4.69) is 0 Å². The van der Waals surface area contributed by atoms with Crippen molar-refractivity contribution in [2.45, 2.75) is 50.4 Å². The van der Waals surface area contributed by atoms with Gasteiger partial charge in [-0.1, -0.05) is 0 Å². The molecular weight excluding hydrogens is 236 g/mol. The van der Waals surface area contributed by atoms with Crippen LogP contribution >= 0.6 is 0 Å². The van der Waals surface area contributed by atoms with Gasteiger partial charge in [-0.2, -0.15) is 0 Å². The van der Waals surface area contributed by atoms with Gasteiger partial charge in [-0.15, -0.1) is 0 Å². The van der Waals surface area contributed by atoms with Gasteiger partial charge < -0.3 is 20.5 Å². The van der Waals surface area contributed by atoms with Crippen molar-refractivity contribution in [3.05, 3.63) is 0 Å². The van der Waals surface area contributed by atoms with E-state index in [0.717, 1.165) is 19.3 Å². The molecule has 2 saturated heterocycles. The smallest absolute Gasteiger partial charge is 0.326 e. The number of likely N-dealkylation sites (tertiary alicyclic amines) is 1. The standard InChI is InChI=1S/C12H20N2O4/c13-7-8-4-5-10(18-8)11(15)14-6-2-1-3-9(14)12(16)17/h8-10H,1-7,13H2,(H,16,17). The summed E-state index contributed by atoms with van der Waals surface area (Å²) in [4.78, 5) is 24.9. The Bertz CT molecular complexity index is 334. The minimum absolute atomic E-state index is 0.0629. The third-order valence-electron chi connectivity index (χ3n) is 3.72. The highest BCUT2D eigenvalue weighted by molar-refractivity contribution is 5.86. The van der Waals surface area contributed by atoms with Crippen LogP contribution in [0.1, 0.15) is 32.1 Å². The van der Waals surface area contributed by atoms with E-state index in [1.165, 1.54) is 4.90 Å². The molecule has 3 unspecified atom stereocenters. The van der Waals surface area contributed by atoms with Crippen LogP contribution in [0.2, 0.25) is 0 Å². The molecule has 3 N–H and O–H groups in total. The Balaban J connectivity index is 2.00. The fourth-order valence-corrected chi connectivity index (χ4v) is 2.70. The first kappa shape index (κ1) is 13.3. The Morgan fingerprint density at radius 3 is 2.67 bits per heavy atom. The second kappa shape index (κ2) is 5.67. The highest BCUT2D eigenvalue weighted by atomic mass is 16.5. The van der Waals surface area contributed by atoms with E-state index in [0.29, 0.717) is 25.9 Å². The van der Waals surface area contributed by atoms with Crippen LogP contribution in [-0.4, -0.2) is 53.2 Å². The lowest BCUT2D eigenvalue weighted by Crippen LogP contribution is -2.51. The molecule has 1 amide bonds. The topological polar surface area (TPSA) is 92.9 Å². The minimum atomic E-state index is -0.920. The van der Waals surface area contributed by atoms with Crippen LogP contribution in [0.25, 0.3) is 0 Å². The highest BCUT2D eigenvalue weighted by Crippen LogP contribution is 2.24. The van der Waals surface area contributed by atoms with Crippen molar-refractivity contribution in [1.29, 1.82) is 0 Å². The average Bonchev–Trinajstić information content (AvgIpc) is 2.86. The maximum Gasteiger partial charge on any atom is 0.326 e. The molecule has 0 aliphatic carbocycles. The summed E-state index contributed by atoms with van der Waals surface area (Å²) in [6.45, 7) is 0.926. The summed E-state index contributed by atoms with van der Waals surface area (Å²) >= 11 is 0. The maximum absolute atomic E-state index is 12.3. The molecule has 0 aromatic carbocycles. The van der Waals surface area contributed by atoms with E-state index >= 15 is 0 Å². The number of hydrogen-bond donors (Lipinski definition) is 2. The zero-order chi connectivity index (χ0) is 13.1. The molecule has 0 saturated carbocycles. The van der Waals surface area contributed by atoms with Crippen molar-refractivity contribution in [1.82, 2.24) is 4.90 Å². The first-order valence-corrected chi connectivity index (χ1v) is 6.52. The Labute approximate surface area is 106 Å². The summed E-state index contributed by atoms with van der Waals surface area (Å²) in [5, 5.41) is 9.14. The summed E-state index contributed by atoms with van der Waals surface area (Å²) in [6.07, 6.45) is 3.11. The number of aliphatic carboxylic acids is 1. The molecule has 2 rings (SSSR count). The van der Waals surface area contributed by atoms with E-state index < -0.39 is 18.1 Å². The van der Waals surface area contributed by atoms with E-state index in [1.54, 1.807) is 0 Å². The number of amides is 1. The second-order valence-electron chi connectivity index (χ2n) is 4.94. The zero-order valence-corrected chi connectivity index (χ0v) is 10.4. The average molecular weight is 256 g/mol. The first-order chi connectivity index (χ1) is 8.63. The van der Waals surface area contributed by atoms with Crippen molar-refractivity contribution in [2.24, 2.45) is 5.73 Å². The summed E-state index contributed by atoms with van der Waals surface area (Å²) in [7, 11) is 0. The van der Waals surface area contributed by atoms with Crippen LogP contribution in [0, 0.1) is 0 Å². The lowest BCUT2D eigenvalue weighted by molar-refractivity contribution is -0.157. The molecule has 2 aliphatic rings. The van der Waals surface area contributed by atoms with Gasteiger partial charge in [0.2, 0.25) is 0 Å². The third-order valence-corrected chi connectivity index (χ3v) is 3.72. The molecule has 0 radical (unpaired) electrons. The predicted octanol–water partition coefficient (Wildman–Crippen LogP) is -0.0416. The number of piperidine rings is 1. The SMILES string of the molecule is NCC1CCC(C(=O)N2CCCCC2C(=O)O)O1. The minimum Gasteiger partial charge on any atom is -0.480 e. The van der Waals surface area contributed by atoms with Gasteiger partial charge in [0, 0.05) is 13.1 Å². The first-order valence-electron chi connectivity index (χ1n) is 6.52. The normalized spacial score (nSPS) is 32.5. The molecular formula is C12H20N2O4. The lowest BCUT2D eigenvalue weighted by atomic mass is 10.0. The quantitative estimate of drug-likeness (QED) is 0.739. The van der Waals surface area contributed by atoms with Crippen LogP contribution in [0.15, 0.2) is 0 Å². The summed E-state index contributed by atoms with van der Waals surface area (Å²) in [5.41, 5.74) is 5.51. The van der Waals surface area contributed by atoms with E-state index in [1.807, 2.05) is 0 Å². The van der Waals surface area contributed by atoms with Crippen molar-refractivity contribution in [3.8, 4) is 0 Å². The van der Waals surface area contributed by atoms with Gasteiger partial charge in [0.25, 0.3) is 5.91 Å². The fourth-order valence-electron chi connectivity index (χ4n) is 2.70. The fraction of sp³-hybridized carbons (Fsp3) is 0.833. The number of nitrogens with zero attached hydrogens (tertiary/aromatic N) is 1. The third kappa shape index (κ3) is 2.64. The molecule has 102 valence electrons. The number of rotatable bonds is 3. The Kier molecular flexibility index (Phi) is 4.19. The van der Waals surface area contributed by atoms with Gasteiger partial charge in [0.15, 0.2) is 0 Å². The number of ether oxygens (including phenoxy) is 1. The van der Waals surface area contributed by atoms with Crippen LogP contribution < -0.4 is 5.73 Å². The number of hydrogen-bond acceptors (Lipinski definition) is 4. The largest absolute Gasteiger partial charge is 0.480 e. The van der Waals surface area contributed by atoms with Gasteiger partial charge in [0.1, 0.15) is 12.1 Å². The molecule has 6 heteroatoms. The predicted molar refractivity (Wildman–Crippen MR) is 63.9 cm³/mol. The molecule has 2 heterocycles. The highest BCUT2D eigenvalue weighted by Gasteiger charge is 2.38. The number of carbonyl (C=O) groups excluding carboxylic acids is 1. The molecule has 3 atom stereocenters. The van der Waals surface area contributed by atoms with Gasteiger partial charge in [0.05, 0.1) is 6.10 Å².